The number of rotatable bonds is 4. The molecule has 2 aromatic carbocycles. The highest BCUT2D eigenvalue weighted by molar-refractivity contribution is 6.33. The summed E-state index contributed by atoms with van der Waals surface area (Å²) in [4.78, 5) is 5.19. The molecule has 0 aromatic heterocycles. The van der Waals surface area contributed by atoms with Crippen molar-refractivity contribution in [1.82, 2.24) is 0 Å². The van der Waals surface area contributed by atoms with E-state index in [2.05, 4.69) is 5.48 Å². The van der Waals surface area contributed by atoms with Gasteiger partial charge < -0.3 is 0 Å². The van der Waals surface area contributed by atoms with E-state index >= 15 is 0 Å². The van der Waals surface area contributed by atoms with Crippen LogP contribution in [0.15, 0.2) is 48.5 Å². The number of benzene rings is 2. The molecule has 1 N–H and O–H groups in total. The van der Waals surface area contributed by atoms with Gasteiger partial charge in [0.25, 0.3) is 0 Å². The van der Waals surface area contributed by atoms with Gasteiger partial charge in [-0.2, -0.15) is 0 Å². The highest BCUT2D eigenvalue weighted by atomic mass is 35.5. The van der Waals surface area contributed by atoms with E-state index in [-0.39, 0.29) is 10.7 Å². The minimum atomic E-state index is -0.439. The highest BCUT2D eigenvalue weighted by Crippen LogP contribution is 2.24. The monoisotopic (exact) mass is 251 g/mol. The second kappa shape index (κ2) is 5.66. The van der Waals surface area contributed by atoms with Gasteiger partial charge in [0.15, 0.2) is 0 Å². The lowest BCUT2D eigenvalue weighted by Gasteiger charge is -2.09. The number of nitrogens with one attached hydrogen (secondary N) is 1. The van der Waals surface area contributed by atoms with E-state index in [0.717, 1.165) is 5.56 Å². The van der Waals surface area contributed by atoms with Crippen LogP contribution >= 0.6 is 11.6 Å². The van der Waals surface area contributed by atoms with Crippen LogP contribution in [0.1, 0.15) is 5.56 Å². The molecular formula is C13H11ClFNO. The van der Waals surface area contributed by atoms with Gasteiger partial charge >= 0.3 is 0 Å². The quantitative estimate of drug-likeness (QED) is 0.829. The Labute approximate surface area is 104 Å². The molecule has 0 saturated carbocycles. The minimum Gasteiger partial charge on any atom is -0.271 e. The van der Waals surface area contributed by atoms with E-state index in [4.69, 9.17) is 16.4 Å². The van der Waals surface area contributed by atoms with Crippen LogP contribution in [0.2, 0.25) is 5.02 Å². The maximum Gasteiger partial charge on any atom is 0.150 e. The van der Waals surface area contributed by atoms with Gasteiger partial charge in [0.1, 0.15) is 11.5 Å². The zero-order valence-corrected chi connectivity index (χ0v) is 9.75. The fourth-order valence-electron chi connectivity index (χ4n) is 1.36. The van der Waals surface area contributed by atoms with Gasteiger partial charge in [0.05, 0.1) is 11.6 Å². The molecule has 0 spiro atoms. The Hall–Kier alpha value is -1.58. The minimum absolute atomic E-state index is 0.157. The topological polar surface area (TPSA) is 21.3 Å². The molecule has 0 aliphatic heterocycles. The largest absolute Gasteiger partial charge is 0.271 e. The van der Waals surface area contributed by atoms with Crippen molar-refractivity contribution >= 4 is 17.3 Å². The van der Waals surface area contributed by atoms with Crippen molar-refractivity contribution < 1.29 is 9.23 Å². The summed E-state index contributed by atoms with van der Waals surface area (Å²) < 4.78 is 13.3. The summed E-state index contributed by atoms with van der Waals surface area (Å²) in [6.07, 6.45) is 0. The summed E-state index contributed by atoms with van der Waals surface area (Å²) >= 11 is 5.83. The number of hydrogen-bond donors (Lipinski definition) is 1. The molecule has 0 aliphatic rings. The second-order valence-electron chi connectivity index (χ2n) is 3.47. The van der Waals surface area contributed by atoms with E-state index in [1.807, 2.05) is 30.3 Å². The maximum absolute atomic E-state index is 13.3. The van der Waals surface area contributed by atoms with Gasteiger partial charge in [-0.1, -0.05) is 48.0 Å². The van der Waals surface area contributed by atoms with E-state index in [9.17, 15) is 4.39 Å². The van der Waals surface area contributed by atoms with Crippen molar-refractivity contribution in [3.05, 3.63) is 64.9 Å². The molecule has 2 nitrogen and oxygen atoms in total. The molecular weight excluding hydrogens is 241 g/mol. The summed E-state index contributed by atoms with van der Waals surface area (Å²) in [6, 6.07) is 14.0. The summed E-state index contributed by atoms with van der Waals surface area (Å²) in [5.74, 6) is -0.439. The van der Waals surface area contributed by atoms with Crippen LogP contribution in [0.3, 0.4) is 0 Å². The Morgan fingerprint density at radius 2 is 1.82 bits per heavy atom. The van der Waals surface area contributed by atoms with Gasteiger partial charge in [-0.15, -0.1) is 0 Å². The maximum atomic E-state index is 13.3. The molecule has 17 heavy (non-hydrogen) atoms. The van der Waals surface area contributed by atoms with Crippen LogP contribution in [-0.4, -0.2) is 0 Å². The van der Waals surface area contributed by atoms with Crippen molar-refractivity contribution in [2.45, 2.75) is 6.61 Å². The van der Waals surface area contributed by atoms with Crippen molar-refractivity contribution in [2.75, 3.05) is 5.48 Å². The lowest BCUT2D eigenvalue weighted by molar-refractivity contribution is 0.179. The molecule has 0 heterocycles. The zero-order valence-electron chi connectivity index (χ0n) is 8.99. The lowest BCUT2D eigenvalue weighted by atomic mass is 10.2. The molecule has 0 bridgehead atoms. The number of halogens is 2. The highest BCUT2D eigenvalue weighted by Gasteiger charge is 2.05. The van der Waals surface area contributed by atoms with Gasteiger partial charge in [-0.05, 0) is 17.7 Å². The third kappa shape index (κ3) is 3.19. The fraction of sp³-hybridized carbons (Fsp3) is 0.0769. The third-order valence-electron chi connectivity index (χ3n) is 2.22. The number of anilines is 1. The number of para-hydroxylation sites is 1. The summed E-state index contributed by atoms with van der Waals surface area (Å²) in [5, 5.41) is 0.290. The smallest absolute Gasteiger partial charge is 0.150 e. The molecule has 4 heteroatoms. The second-order valence-corrected chi connectivity index (χ2v) is 3.88. The Balaban J connectivity index is 1.95. The van der Waals surface area contributed by atoms with Crippen LogP contribution in [0.5, 0.6) is 0 Å². The lowest BCUT2D eigenvalue weighted by Crippen LogP contribution is -2.03. The van der Waals surface area contributed by atoms with Crippen molar-refractivity contribution in [2.24, 2.45) is 0 Å². The normalized spacial score (nSPS) is 10.2. The van der Waals surface area contributed by atoms with Crippen LogP contribution in [-0.2, 0) is 11.4 Å². The van der Waals surface area contributed by atoms with E-state index in [1.165, 1.54) is 6.07 Å². The molecule has 0 amide bonds. The standard InChI is InChI=1S/C13H11ClFNO/c14-11-7-4-8-12(15)13(11)16-17-9-10-5-2-1-3-6-10/h1-8,16H,9H2. The average Bonchev–Trinajstić information content (AvgIpc) is 2.34. The molecule has 2 aromatic rings. The van der Waals surface area contributed by atoms with Crippen molar-refractivity contribution in [3.8, 4) is 0 Å². The van der Waals surface area contributed by atoms with E-state index in [0.29, 0.717) is 6.61 Å². The van der Waals surface area contributed by atoms with E-state index < -0.39 is 5.82 Å². The van der Waals surface area contributed by atoms with Gasteiger partial charge in [-0.25, -0.2) is 4.39 Å². The molecule has 88 valence electrons. The molecule has 0 aliphatic carbocycles. The Morgan fingerprint density at radius 1 is 1.06 bits per heavy atom. The van der Waals surface area contributed by atoms with Gasteiger partial charge in [0, 0.05) is 0 Å². The third-order valence-corrected chi connectivity index (χ3v) is 2.53. The SMILES string of the molecule is Fc1cccc(Cl)c1NOCc1ccccc1. The van der Waals surface area contributed by atoms with E-state index in [1.54, 1.807) is 12.1 Å². The molecule has 0 radical (unpaired) electrons. The van der Waals surface area contributed by atoms with Crippen LogP contribution in [0.4, 0.5) is 10.1 Å². The van der Waals surface area contributed by atoms with Crippen LogP contribution in [0.25, 0.3) is 0 Å². The average molecular weight is 252 g/mol. The first-order valence-corrected chi connectivity index (χ1v) is 5.51. The fourth-order valence-corrected chi connectivity index (χ4v) is 1.56. The first-order valence-electron chi connectivity index (χ1n) is 5.13. The van der Waals surface area contributed by atoms with Gasteiger partial charge in [-0.3, -0.25) is 10.3 Å². The molecule has 0 atom stereocenters. The molecule has 0 unspecified atom stereocenters. The zero-order chi connectivity index (χ0) is 12.1. The van der Waals surface area contributed by atoms with Gasteiger partial charge in [0.2, 0.25) is 0 Å². The Bertz CT molecular complexity index is 470. The predicted octanol–water partition coefficient (Wildman–Crippen LogP) is 4.02. The summed E-state index contributed by atoms with van der Waals surface area (Å²) in [5.41, 5.74) is 3.67. The molecule has 0 fully saturated rings. The van der Waals surface area contributed by atoms with Crippen molar-refractivity contribution in [1.29, 1.82) is 0 Å². The predicted molar refractivity (Wildman–Crippen MR) is 66.3 cm³/mol. The van der Waals surface area contributed by atoms with Crippen molar-refractivity contribution in [3.63, 3.8) is 0 Å². The first kappa shape index (κ1) is 11.9. The first-order chi connectivity index (χ1) is 8.27. The summed E-state index contributed by atoms with van der Waals surface area (Å²) in [6.45, 7) is 0.339. The van der Waals surface area contributed by atoms with Crippen LogP contribution < -0.4 is 5.48 Å². The molecule has 2 rings (SSSR count). The summed E-state index contributed by atoms with van der Waals surface area (Å²) in [7, 11) is 0. The Kier molecular flexibility index (Phi) is 3.96. The molecule has 0 saturated heterocycles. The van der Waals surface area contributed by atoms with Crippen LogP contribution in [0, 0.1) is 5.82 Å². The Morgan fingerprint density at radius 3 is 2.53 bits per heavy atom. The number of hydrogen-bond acceptors (Lipinski definition) is 2.